The fraction of sp³-hybridized carbons (Fsp3) is 0.286. The molecule has 0 aliphatic carbocycles. The molecular formula is C14H15FO2S. The number of aliphatic hydroxyl groups is 1. The second-order valence-corrected chi connectivity index (χ2v) is 4.87. The fourth-order valence-corrected chi connectivity index (χ4v) is 2.36. The van der Waals surface area contributed by atoms with E-state index in [1.807, 2.05) is 11.4 Å². The van der Waals surface area contributed by atoms with Crippen LogP contribution in [0.2, 0.25) is 0 Å². The number of hydrogen-bond acceptors (Lipinski definition) is 3. The number of ether oxygens (including phenoxy) is 1. The van der Waals surface area contributed by atoms with Crippen LogP contribution in [0.15, 0.2) is 35.0 Å². The van der Waals surface area contributed by atoms with Crippen LogP contribution in [0, 0.1) is 5.82 Å². The van der Waals surface area contributed by atoms with Crippen LogP contribution in [0.1, 0.15) is 24.2 Å². The van der Waals surface area contributed by atoms with Crippen molar-refractivity contribution in [2.45, 2.75) is 19.4 Å². The molecule has 2 nitrogen and oxygen atoms in total. The lowest BCUT2D eigenvalue weighted by molar-refractivity contribution is 0.194. The first-order valence-electron chi connectivity index (χ1n) is 5.78. The van der Waals surface area contributed by atoms with Gasteiger partial charge in [0, 0.05) is 18.1 Å². The summed E-state index contributed by atoms with van der Waals surface area (Å²) in [6.07, 6.45) is 0.00774. The first kappa shape index (κ1) is 13.1. The molecule has 1 unspecified atom stereocenters. The summed E-state index contributed by atoms with van der Waals surface area (Å²) in [5, 5.41) is 13.4. The Morgan fingerprint density at radius 1 is 1.39 bits per heavy atom. The van der Waals surface area contributed by atoms with Crippen molar-refractivity contribution in [2.75, 3.05) is 6.61 Å². The molecule has 0 aliphatic heterocycles. The molecule has 1 N–H and O–H groups in total. The van der Waals surface area contributed by atoms with Gasteiger partial charge < -0.3 is 9.84 Å². The van der Waals surface area contributed by atoms with Crippen molar-refractivity contribution >= 4 is 11.3 Å². The van der Waals surface area contributed by atoms with Gasteiger partial charge >= 0.3 is 0 Å². The smallest absolute Gasteiger partial charge is 0.132 e. The van der Waals surface area contributed by atoms with Crippen LogP contribution in [-0.2, 0) is 6.42 Å². The lowest BCUT2D eigenvalue weighted by Gasteiger charge is -2.09. The summed E-state index contributed by atoms with van der Waals surface area (Å²) in [7, 11) is 0. The van der Waals surface area contributed by atoms with E-state index in [1.165, 1.54) is 18.6 Å². The molecule has 1 aromatic heterocycles. The Labute approximate surface area is 110 Å². The van der Waals surface area contributed by atoms with Crippen molar-refractivity contribution in [1.82, 2.24) is 0 Å². The molecule has 0 saturated heterocycles. The van der Waals surface area contributed by atoms with E-state index in [1.54, 1.807) is 23.5 Å². The quantitative estimate of drug-likeness (QED) is 0.896. The minimum Gasteiger partial charge on any atom is -0.493 e. The Bertz CT molecular complexity index is 495. The van der Waals surface area contributed by atoms with Crippen molar-refractivity contribution in [3.63, 3.8) is 0 Å². The minimum absolute atomic E-state index is 0.292. The van der Waals surface area contributed by atoms with Gasteiger partial charge in [0.05, 0.1) is 12.7 Å². The number of hydrogen-bond donors (Lipinski definition) is 1. The Morgan fingerprint density at radius 2 is 2.22 bits per heavy atom. The van der Waals surface area contributed by atoms with Gasteiger partial charge in [0.1, 0.15) is 11.6 Å². The van der Waals surface area contributed by atoms with Crippen LogP contribution in [0.5, 0.6) is 5.75 Å². The van der Waals surface area contributed by atoms with Gasteiger partial charge in [-0.1, -0.05) is 0 Å². The van der Waals surface area contributed by atoms with Crippen molar-refractivity contribution in [1.29, 1.82) is 0 Å². The van der Waals surface area contributed by atoms with Crippen LogP contribution in [-0.4, -0.2) is 11.7 Å². The zero-order valence-corrected chi connectivity index (χ0v) is 10.9. The van der Waals surface area contributed by atoms with Crippen LogP contribution >= 0.6 is 11.3 Å². The minimum atomic E-state index is -0.801. The maximum Gasteiger partial charge on any atom is 0.132 e. The molecule has 0 saturated carbocycles. The molecular weight excluding hydrogens is 251 g/mol. The first-order valence-corrected chi connectivity index (χ1v) is 6.72. The molecule has 1 heterocycles. The van der Waals surface area contributed by atoms with E-state index >= 15 is 0 Å². The molecule has 0 amide bonds. The van der Waals surface area contributed by atoms with E-state index in [0.29, 0.717) is 17.9 Å². The number of rotatable bonds is 5. The highest BCUT2D eigenvalue weighted by molar-refractivity contribution is 7.07. The van der Waals surface area contributed by atoms with E-state index in [2.05, 4.69) is 5.38 Å². The number of benzene rings is 1. The summed E-state index contributed by atoms with van der Waals surface area (Å²) in [6.45, 7) is 2.06. The van der Waals surface area contributed by atoms with Gasteiger partial charge in [0.25, 0.3) is 0 Å². The van der Waals surface area contributed by atoms with Gasteiger partial charge in [-0.25, -0.2) is 4.39 Å². The molecule has 1 aromatic carbocycles. The molecule has 4 heteroatoms. The monoisotopic (exact) mass is 266 g/mol. The standard InChI is InChI=1S/C14H15FO2S/c1-10(16)13-3-2-12(8-14(13)15)17-6-4-11-5-7-18-9-11/h2-3,5,7-10,16H,4,6H2,1H3. The highest BCUT2D eigenvalue weighted by Crippen LogP contribution is 2.21. The van der Waals surface area contributed by atoms with Crippen LogP contribution in [0.4, 0.5) is 4.39 Å². The van der Waals surface area contributed by atoms with Crippen molar-refractivity contribution in [3.8, 4) is 5.75 Å². The second kappa shape index (κ2) is 5.98. The third kappa shape index (κ3) is 3.31. The van der Waals surface area contributed by atoms with E-state index < -0.39 is 11.9 Å². The maximum atomic E-state index is 13.6. The zero-order chi connectivity index (χ0) is 13.0. The summed E-state index contributed by atoms with van der Waals surface area (Å²) in [5.74, 6) is 0.0603. The van der Waals surface area contributed by atoms with Crippen molar-refractivity contribution < 1.29 is 14.2 Å². The SMILES string of the molecule is CC(O)c1ccc(OCCc2ccsc2)cc1F. The summed E-state index contributed by atoms with van der Waals surface area (Å²) < 4.78 is 19.0. The zero-order valence-electron chi connectivity index (χ0n) is 10.1. The summed E-state index contributed by atoms with van der Waals surface area (Å²) in [5.41, 5.74) is 1.52. The summed E-state index contributed by atoms with van der Waals surface area (Å²) in [6, 6.07) is 6.60. The molecule has 0 spiro atoms. The predicted molar refractivity (Wildman–Crippen MR) is 70.6 cm³/mol. The molecule has 0 bridgehead atoms. The summed E-state index contributed by atoms with van der Waals surface area (Å²) >= 11 is 1.65. The van der Waals surface area contributed by atoms with Gasteiger partial charge in [0.2, 0.25) is 0 Å². The van der Waals surface area contributed by atoms with Gasteiger partial charge in [-0.3, -0.25) is 0 Å². The summed E-state index contributed by atoms with van der Waals surface area (Å²) in [4.78, 5) is 0. The predicted octanol–water partition coefficient (Wildman–Crippen LogP) is 3.56. The van der Waals surface area contributed by atoms with Crippen LogP contribution < -0.4 is 4.74 Å². The van der Waals surface area contributed by atoms with E-state index in [0.717, 1.165) is 6.42 Å². The normalized spacial score (nSPS) is 12.4. The molecule has 96 valence electrons. The van der Waals surface area contributed by atoms with Gasteiger partial charge in [-0.15, -0.1) is 0 Å². The Hall–Kier alpha value is -1.39. The third-order valence-electron chi connectivity index (χ3n) is 2.66. The lowest BCUT2D eigenvalue weighted by atomic mass is 10.1. The number of aliphatic hydroxyl groups excluding tert-OH is 1. The fourth-order valence-electron chi connectivity index (χ4n) is 1.66. The molecule has 0 fully saturated rings. The highest BCUT2D eigenvalue weighted by Gasteiger charge is 2.08. The van der Waals surface area contributed by atoms with E-state index in [-0.39, 0.29) is 0 Å². The molecule has 18 heavy (non-hydrogen) atoms. The van der Waals surface area contributed by atoms with Crippen LogP contribution in [0.3, 0.4) is 0 Å². The molecule has 2 rings (SSSR count). The van der Waals surface area contributed by atoms with E-state index in [4.69, 9.17) is 4.74 Å². The lowest BCUT2D eigenvalue weighted by Crippen LogP contribution is -2.02. The third-order valence-corrected chi connectivity index (χ3v) is 3.39. The average Bonchev–Trinajstić information content (AvgIpc) is 2.81. The largest absolute Gasteiger partial charge is 0.493 e. The van der Waals surface area contributed by atoms with Crippen LogP contribution in [0.25, 0.3) is 0 Å². The first-order chi connectivity index (χ1) is 8.66. The van der Waals surface area contributed by atoms with Gasteiger partial charge in [-0.2, -0.15) is 11.3 Å². The second-order valence-electron chi connectivity index (χ2n) is 4.09. The highest BCUT2D eigenvalue weighted by atomic mass is 32.1. The maximum absolute atomic E-state index is 13.6. The Balaban J connectivity index is 1.92. The average molecular weight is 266 g/mol. The van der Waals surface area contributed by atoms with Crippen molar-refractivity contribution in [2.24, 2.45) is 0 Å². The molecule has 0 aliphatic rings. The number of thiophene rings is 1. The van der Waals surface area contributed by atoms with E-state index in [9.17, 15) is 9.50 Å². The Kier molecular flexibility index (Phi) is 4.33. The molecule has 0 radical (unpaired) electrons. The number of halogens is 1. The van der Waals surface area contributed by atoms with Gasteiger partial charge in [0.15, 0.2) is 0 Å². The Morgan fingerprint density at radius 3 is 2.83 bits per heavy atom. The molecule has 2 aromatic rings. The molecule has 1 atom stereocenters. The van der Waals surface area contributed by atoms with Gasteiger partial charge in [-0.05, 0) is 41.4 Å². The van der Waals surface area contributed by atoms with Crippen molar-refractivity contribution in [3.05, 3.63) is 52.0 Å². The topological polar surface area (TPSA) is 29.5 Å².